The van der Waals surface area contributed by atoms with Crippen molar-refractivity contribution in [2.75, 3.05) is 59.3 Å². The second kappa shape index (κ2) is 9.79. The molecule has 1 fully saturated rings. The highest BCUT2D eigenvalue weighted by molar-refractivity contribution is 5.99. The largest absolute Gasteiger partial charge is 0.494 e. The average Bonchev–Trinajstić information content (AvgIpc) is 3.29. The molecule has 7 nitrogen and oxygen atoms in total. The van der Waals surface area contributed by atoms with E-state index in [1.165, 1.54) is 18.9 Å². The van der Waals surface area contributed by atoms with E-state index in [0.717, 1.165) is 61.1 Å². The fraction of sp³-hybridized carbons (Fsp3) is 0.407. The molecule has 0 spiro atoms. The summed E-state index contributed by atoms with van der Waals surface area (Å²) < 4.78 is 21.4. The molecule has 184 valence electrons. The van der Waals surface area contributed by atoms with E-state index >= 15 is 0 Å². The molecule has 4 heterocycles. The highest BCUT2D eigenvalue weighted by atomic mass is 19.1. The lowest BCUT2D eigenvalue weighted by Crippen LogP contribution is -2.45. The fourth-order valence-electron chi connectivity index (χ4n) is 5.01. The molecule has 0 saturated carbocycles. The van der Waals surface area contributed by atoms with Crippen LogP contribution in [0.25, 0.3) is 27.5 Å². The number of likely N-dealkylation sites (N-methyl/N-ethyl adjacent to an activating group) is 2. The van der Waals surface area contributed by atoms with Gasteiger partial charge in [-0.1, -0.05) is 0 Å². The normalized spacial score (nSPS) is 15.1. The number of piperidine rings is 1. The Balaban J connectivity index is 1.37. The highest BCUT2D eigenvalue weighted by Crippen LogP contribution is 2.34. The van der Waals surface area contributed by atoms with Crippen LogP contribution in [0.5, 0.6) is 5.75 Å². The van der Waals surface area contributed by atoms with Gasteiger partial charge in [0.05, 0.1) is 36.2 Å². The van der Waals surface area contributed by atoms with Gasteiger partial charge in [-0.15, -0.1) is 0 Å². The summed E-state index contributed by atoms with van der Waals surface area (Å²) in [5, 5.41) is 5.49. The SMILES string of the molecule is COc1cc2c(-c3cnn4cc(N5CCC(N(C)CCN(C)C)CC5)ccc34)ccnc2cc1F. The molecule has 0 N–H and O–H groups in total. The maximum atomic E-state index is 14.2. The third kappa shape index (κ3) is 4.68. The van der Waals surface area contributed by atoms with Crippen molar-refractivity contribution in [3.8, 4) is 16.9 Å². The van der Waals surface area contributed by atoms with Crippen LogP contribution in [-0.4, -0.2) is 84.9 Å². The van der Waals surface area contributed by atoms with E-state index in [1.807, 2.05) is 16.8 Å². The topological polar surface area (TPSA) is 49.1 Å². The molecule has 1 aromatic carbocycles. The van der Waals surface area contributed by atoms with E-state index in [9.17, 15) is 4.39 Å². The molecule has 0 aliphatic carbocycles. The number of methoxy groups -OCH3 is 1. The first kappa shape index (κ1) is 23.5. The molecule has 0 radical (unpaired) electrons. The van der Waals surface area contributed by atoms with Gasteiger partial charge in [-0.3, -0.25) is 4.98 Å². The molecule has 1 saturated heterocycles. The predicted molar refractivity (Wildman–Crippen MR) is 139 cm³/mol. The molecule has 5 rings (SSSR count). The lowest BCUT2D eigenvalue weighted by Gasteiger charge is -2.38. The maximum absolute atomic E-state index is 14.2. The van der Waals surface area contributed by atoms with Crippen molar-refractivity contribution in [2.45, 2.75) is 18.9 Å². The molecule has 8 heteroatoms. The summed E-state index contributed by atoms with van der Waals surface area (Å²) >= 11 is 0. The Kier molecular flexibility index (Phi) is 6.58. The van der Waals surface area contributed by atoms with Crippen LogP contribution in [0.1, 0.15) is 12.8 Å². The van der Waals surface area contributed by atoms with Crippen molar-refractivity contribution in [3.05, 3.63) is 54.7 Å². The summed E-state index contributed by atoms with van der Waals surface area (Å²) in [5.41, 5.74) is 4.72. The summed E-state index contributed by atoms with van der Waals surface area (Å²) in [6.07, 6.45) is 8.01. The van der Waals surface area contributed by atoms with E-state index in [-0.39, 0.29) is 5.75 Å². The van der Waals surface area contributed by atoms with Gasteiger partial charge in [-0.25, -0.2) is 8.91 Å². The summed E-state index contributed by atoms with van der Waals surface area (Å²) in [5.74, 6) is -0.205. The van der Waals surface area contributed by atoms with Crippen LogP contribution < -0.4 is 9.64 Å². The second-order valence-electron chi connectivity index (χ2n) is 9.64. The summed E-state index contributed by atoms with van der Waals surface area (Å²) in [7, 11) is 7.97. The summed E-state index contributed by atoms with van der Waals surface area (Å²) in [6.45, 7) is 4.26. The Morgan fingerprint density at radius 1 is 1.06 bits per heavy atom. The number of halogens is 1. The standard InChI is InChI=1S/C27H33FN6O/c1-31(2)13-14-32(3)19-8-11-33(12-9-19)20-5-6-26-23(17-30-34(26)18-20)21-7-10-29-25-16-24(28)27(35-4)15-22(21)25/h5-7,10,15-19H,8-9,11-14H2,1-4H3. The van der Waals surface area contributed by atoms with E-state index in [2.05, 4.69) is 64.3 Å². The quantitative estimate of drug-likeness (QED) is 0.399. The number of hydrogen-bond acceptors (Lipinski definition) is 6. The number of fused-ring (bicyclic) bond motifs is 2. The molecule has 35 heavy (non-hydrogen) atoms. The van der Waals surface area contributed by atoms with E-state index in [1.54, 1.807) is 12.3 Å². The van der Waals surface area contributed by atoms with Crippen LogP contribution in [0.4, 0.5) is 10.1 Å². The minimum atomic E-state index is -0.415. The Morgan fingerprint density at radius 3 is 2.60 bits per heavy atom. The van der Waals surface area contributed by atoms with Crippen LogP contribution in [-0.2, 0) is 0 Å². The second-order valence-corrected chi connectivity index (χ2v) is 9.64. The molecule has 3 aromatic heterocycles. The predicted octanol–water partition coefficient (Wildman–Crippen LogP) is 4.16. The molecule has 0 atom stereocenters. The van der Waals surface area contributed by atoms with Gasteiger partial charge in [-0.2, -0.15) is 5.10 Å². The zero-order valence-corrected chi connectivity index (χ0v) is 20.9. The Hall–Kier alpha value is -3.23. The van der Waals surface area contributed by atoms with Gasteiger partial charge in [0.2, 0.25) is 0 Å². The van der Waals surface area contributed by atoms with Crippen LogP contribution in [0.15, 0.2) is 48.9 Å². The van der Waals surface area contributed by atoms with E-state index in [4.69, 9.17) is 4.74 Å². The van der Waals surface area contributed by atoms with Crippen LogP contribution >= 0.6 is 0 Å². The van der Waals surface area contributed by atoms with Crippen LogP contribution in [0.2, 0.25) is 0 Å². The average molecular weight is 477 g/mol. The Labute approximate surface area is 205 Å². The van der Waals surface area contributed by atoms with Gasteiger partial charge < -0.3 is 19.4 Å². The number of rotatable bonds is 7. The fourth-order valence-corrected chi connectivity index (χ4v) is 5.01. The molecule has 1 aliphatic heterocycles. The number of ether oxygens (including phenoxy) is 1. The first-order valence-electron chi connectivity index (χ1n) is 12.1. The van der Waals surface area contributed by atoms with Gasteiger partial charge in [-0.05, 0) is 63.8 Å². The van der Waals surface area contributed by atoms with Gasteiger partial charge in [0.1, 0.15) is 0 Å². The van der Waals surface area contributed by atoms with E-state index in [0.29, 0.717) is 11.6 Å². The first-order valence-corrected chi connectivity index (χ1v) is 12.1. The third-order valence-corrected chi connectivity index (χ3v) is 7.16. The number of anilines is 1. The first-order chi connectivity index (χ1) is 16.9. The lowest BCUT2D eigenvalue weighted by atomic mass is 10.0. The van der Waals surface area contributed by atoms with Gasteiger partial charge in [0, 0.05) is 55.4 Å². The number of benzene rings is 1. The Morgan fingerprint density at radius 2 is 1.86 bits per heavy atom. The highest BCUT2D eigenvalue weighted by Gasteiger charge is 2.23. The molecular formula is C27H33FN6O. The van der Waals surface area contributed by atoms with Crippen molar-refractivity contribution in [1.82, 2.24) is 24.4 Å². The number of aromatic nitrogens is 3. The number of pyridine rings is 2. The van der Waals surface area contributed by atoms with Gasteiger partial charge >= 0.3 is 0 Å². The van der Waals surface area contributed by atoms with Crippen molar-refractivity contribution in [3.63, 3.8) is 0 Å². The number of hydrogen-bond donors (Lipinski definition) is 0. The van der Waals surface area contributed by atoms with Crippen molar-refractivity contribution < 1.29 is 9.13 Å². The minimum Gasteiger partial charge on any atom is -0.494 e. The number of nitrogens with zero attached hydrogens (tertiary/aromatic N) is 6. The minimum absolute atomic E-state index is 0.210. The summed E-state index contributed by atoms with van der Waals surface area (Å²) in [4.78, 5) is 11.5. The van der Waals surface area contributed by atoms with Gasteiger partial charge in [0.15, 0.2) is 11.6 Å². The Bertz CT molecular complexity index is 1330. The van der Waals surface area contributed by atoms with Crippen molar-refractivity contribution in [2.24, 2.45) is 0 Å². The van der Waals surface area contributed by atoms with Gasteiger partial charge in [0.25, 0.3) is 0 Å². The third-order valence-electron chi connectivity index (χ3n) is 7.16. The maximum Gasteiger partial charge on any atom is 0.167 e. The van der Waals surface area contributed by atoms with Crippen molar-refractivity contribution >= 4 is 22.1 Å². The van der Waals surface area contributed by atoms with Crippen molar-refractivity contribution in [1.29, 1.82) is 0 Å². The molecule has 4 aromatic rings. The molecule has 0 amide bonds. The molecular weight excluding hydrogens is 443 g/mol. The smallest absolute Gasteiger partial charge is 0.167 e. The zero-order chi connectivity index (χ0) is 24.5. The van der Waals surface area contributed by atoms with E-state index < -0.39 is 5.82 Å². The van der Waals surface area contributed by atoms with Crippen LogP contribution in [0, 0.1) is 5.82 Å². The monoisotopic (exact) mass is 476 g/mol. The molecule has 0 unspecified atom stereocenters. The molecule has 0 bridgehead atoms. The molecule has 1 aliphatic rings. The van der Waals surface area contributed by atoms with Crippen LogP contribution in [0.3, 0.4) is 0 Å². The zero-order valence-electron chi connectivity index (χ0n) is 20.9. The lowest BCUT2D eigenvalue weighted by molar-refractivity contribution is 0.190. The summed E-state index contributed by atoms with van der Waals surface area (Å²) in [6, 6.07) is 10.0.